The molecule has 1 heterocycles. The molecule has 3 N–H and O–H groups in total. The van der Waals surface area contributed by atoms with Gasteiger partial charge in [-0.15, -0.1) is 12.4 Å². The summed E-state index contributed by atoms with van der Waals surface area (Å²) >= 11 is 13.9. The van der Waals surface area contributed by atoms with Gasteiger partial charge in [-0.25, -0.2) is 4.79 Å². The Morgan fingerprint density at radius 3 is 2.39 bits per heavy atom. The molecule has 0 aromatic heterocycles. The van der Waals surface area contributed by atoms with Crippen LogP contribution in [-0.2, 0) is 20.7 Å². The first kappa shape index (κ1) is 27.3. The Bertz CT molecular complexity index is 965. The molecule has 0 saturated carbocycles. The molecule has 2 aromatic rings. The van der Waals surface area contributed by atoms with Crippen molar-refractivity contribution in [3.8, 4) is 0 Å². The summed E-state index contributed by atoms with van der Waals surface area (Å²) < 4.78 is 4.86. The van der Waals surface area contributed by atoms with E-state index >= 15 is 0 Å². The first-order valence-electron chi connectivity index (χ1n) is 9.92. The molecule has 0 radical (unpaired) electrons. The van der Waals surface area contributed by atoms with Gasteiger partial charge in [0.1, 0.15) is 6.04 Å². The molecule has 178 valence electrons. The van der Waals surface area contributed by atoms with E-state index in [1.807, 2.05) is 0 Å². The van der Waals surface area contributed by atoms with Crippen LogP contribution in [0, 0.1) is 0 Å². The van der Waals surface area contributed by atoms with Gasteiger partial charge in [0.05, 0.1) is 28.8 Å². The van der Waals surface area contributed by atoms with E-state index in [0.717, 1.165) is 17.9 Å². The minimum atomic E-state index is -0.816. The minimum absolute atomic E-state index is 0. The predicted octanol–water partition coefficient (Wildman–Crippen LogP) is 3.57. The highest BCUT2D eigenvalue weighted by Gasteiger charge is 2.27. The number of anilines is 1. The SMILES string of the molecule is COC(=O)[C@H](Cc1ccc(NC(=O)c2c(Cl)cccc2Cl)cc1)NC(=O)[C@@H]1CSCCN1.Cl. The molecule has 0 unspecified atom stereocenters. The zero-order valence-electron chi connectivity index (χ0n) is 17.7. The summed E-state index contributed by atoms with van der Waals surface area (Å²) in [4.78, 5) is 37.3. The molecule has 33 heavy (non-hydrogen) atoms. The Kier molecular flexibility index (Phi) is 10.8. The molecule has 2 amide bonds. The van der Waals surface area contributed by atoms with Crippen LogP contribution in [0.25, 0.3) is 0 Å². The van der Waals surface area contributed by atoms with E-state index in [1.54, 1.807) is 54.2 Å². The van der Waals surface area contributed by atoms with Crippen molar-refractivity contribution in [1.29, 1.82) is 0 Å². The fraction of sp³-hybridized carbons (Fsp3) is 0.318. The number of amides is 2. The van der Waals surface area contributed by atoms with Gasteiger partial charge in [-0.2, -0.15) is 11.8 Å². The van der Waals surface area contributed by atoms with Crippen LogP contribution in [0.3, 0.4) is 0 Å². The lowest BCUT2D eigenvalue weighted by atomic mass is 10.0. The summed E-state index contributed by atoms with van der Waals surface area (Å²) in [6, 6.07) is 10.6. The average molecular weight is 533 g/mol. The first-order chi connectivity index (χ1) is 15.4. The molecule has 0 spiro atoms. The fourth-order valence-corrected chi connectivity index (χ4v) is 4.71. The van der Waals surface area contributed by atoms with E-state index in [2.05, 4.69) is 16.0 Å². The Labute approximate surface area is 212 Å². The largest absolute Gasteiger partial charge is 0.467 e. The molecule has 0 aliphatic carbocycles. The molecule has 1 fully saturated rings. The predicted molar refractivity (Wildman–Crippen MR) is 135 cm³/mol. The van der Waals surface area contributed by atoms with Crippen LogP contribution in [0.5, 0.6) is 0 Å². The molecule has 1 aliphatic heterocycles. The highest BCUT2D eigenvalue weighted by atomic mass is 35.5. The molecule has 0 bridgehead atoms. The van der Waals surface area contributed by atoms with Gasteiger partial charge < -0.3 is 20.7 Å². The zero-order valence-corrected chi connectivity index (χ0v) is 20.9. The van der Waals surface area contributed by atoms with Gasteiger partial charge in [0, 0.05) is 30.2 Å². The molecule has 1 saturated heterocycles. The number of esters is 1. The number of thioether (sulfide) groups is 1. The van der Waals surface area contributed by atoms with E-state index in [4.69, 9.17) is 27.9 Å². The number of halogens is 3. The van der Waals surface area contributed by atoms with Crippen molar-refractivity contribution >= 4 is 70.8 Å². The van der Waals surface area contributed by atoms with Crippen LogP contribution in [0.15, 0.2) is 42.5 Å². The number of benzene rings is 2. The second kappa shape index (κ2) is 13.1. The molecule has 7 nitrogen and oxygen atoms in total. The van der Waals surface area contributed by atoms with Crippen molar-refractivity contribution in [1.82, 2.24) is 10.6 Å². The Morgan fingerprint density at radius 1 is 1.15 bits per heavy atom. The third-order valence-corrected chi connectivity index (χ3v) is 6.57. The molecule has 2 atom stereocenters. The van der Waals surface area contributed by atoms with E-state index in [-0.39, 0.29) is 46.4 Å². The van der Waals surface area contributed by atoms with Crippen LogP contribution in [-0.4, -0.2) is 55.0 Å². The second-order valence-electron chi connectivity index (χ2n) is 7.12. The van der Waals surface area contributed by atoms with Crippen LogP contribution >= 0.6 is 47.4 Å². The Balaban J connectivity index is 0.00000385. The van der Waals surface area contributed by atoms with Crippen molar-refractivity contribution < 1.29 is 19.1 Å². The highest BCUT2D eigenvalue weighted by molar-refractivity contribution is 7.99. The van der Waals surface area contributed by atoms with Crippen molar-refractivity contribution in [3.63, 3.8) is 0 Å². The van der Waals surface area contributed by atoms with Crippen molar-refractivity contribution in [3.05, 3.63) is 63.6 Å². The third kappa shape index (κ3) is 7.52. The lowest BCUT2D eigenvalue weighted by Crippen LogP contribution is -2.53. The molecular weight excluding hydrogens is 509 g/mol. The topological polar surface area (TPSA) is 96.5 Å². The van der Waals surface area contributed by atoms with Crippen molar-refractivity contribution in [2.75, 3.05) is 30.5 Å². The van der Waals surface area contributed by atoms with E-state index < -0.39 is 17.9 Å². The normalized spacial score (nSPS) is 16.2. The lowest BCUT2D eigenvalue weighted by Gasteiger charge is -2.25. The summed E-state index contributed by atoms with van der Waals surface area (Å²) in [6.07, 6.45) is 0.253. The second-order valence-corrected chi connectivity index (χ2v) is 9.08. The summed E-state index contributed by atoms with van der Waals surface area (Å²) in [5, 5.41) is 9.19. The maximum atomic E-state index is 12.5. The van der Waals surface area contributed by atoms with Gasteiger partial charge in [-0.05, 0) is 29.8 Å². The minimum Gasteiger partial charge on any atom is -0.467 e. The van der Waals surface area contributed by atoms with Crippen molar-refractivity contribution in [2.45, 2.75) is 18.5 Å². The highest BCUT2D eigenvalue weighted by Crippen LogP contribution is 2.25. The first-order valence-corrected chi connectivity index (χ1v) is 11.8. The van der Waals surface area contributed by atoms with Crippen LogP contribution in [0.1, 0.15) is 15.9 Å². The number of carbonyl (C=O) groups is 3. The van der Waals surface area contributed by atoms with Crippen LogP contribution in [0.2, 0.25) is 10.0 Å². The maximum absolute atomic E-state index is 12.5. The Hall–Kier alpha value is -1.97. The Morgan fingerprint density at radius 2 is 1.82 bits per heavy atom. The third-order valence-electron chi connectivity index (χ3n) is 4.88. The molecule has 1 aliphatic rings. The van der Waals surface area contributed by atoms with Gasteiger partial charge in [0.25, 0.3) is 5.91 Å². The molecule has 3 rings (SSSR count). The van der Waals surface area contributed by atoms with E-state index in [0.29, 0.717) is 11.4 Å². The van der Waals surface area contributed by atoms with Gasteiger partial charge in [-0.1, -0.05) is 41.4 Å². The molecule has 2 aromatic carbocycles. The van der Waals surface area contributed by atoms with Crippen LogP contribution < -0.4 is 16.0 Å². The van der Waals surface area contributed by atoms with Gasteiger partial charge in [0.2, 0.25) is 5.91 Å². The summed E-state index contributed by atoms with van der Waals surface area (Å²) in [6.45, 7) is 0.748. The average Bonchev–Trinajstić information content (AvgIpc) is 2.79. The van der Waals surface area contributed by atoms with E-state index in [1.165, 1.54) is 7.11 Å². The van der Waals surface area contributed by atoms with Gasteiger partial charge in [0.15, 0.2) is 0 Å². The molecule has 11 heteroatoms. The number of ether oxygens (including phenoxy) is 1. The smallest absolute Gasteiger partial charge is 0.328 e. The monoisotopic (exact) mass is 531 g/mol. The van der Waals surface area contributed by atoms with Crippen LogP contribution in [0.4, 0.5) is 5.69 Å². The standard InChI is InChI=1S/C22H23Cl2N3O4S.ClH/c1-31-22(30)17(27-20(28)18-12-32-10-9-25-18)11-13-5-7-14(8-6-13)26-21(29)19-15(23)3-2-4-16(19)24;/h2-8,17-18,25H,9-12H2,1H3,(H,26,29)(H,27,28);1H/t17-,18-;/m0./s1. The molecular formula is C22H24Cl3N3O4S. The number of carbonyl (C=O) groups excluding carboxylic acids is 3. The lowest BCUT2D eigenvalue weighted by molar-refractivity contribution is -0.145. The number of hydrogen-bond donors (Lipinski definition) is 3. The number of rotatable bonds is 7. The van der Waals surface area contributed by atoms with Gasteiger partial charge in [-0.3, -0.25) is 9.59 Å². The number of hydrogen-bond acceptors (Lipinski definition) is 6. The summed E-state index contributed by atoms with van der Waals surface area (Å²) in [5.41, 5.74) is 1.53. The van der Waals surface area contributed by atoms with Gasteiger partial charge >= 0.3 is 5.97 Å². The zero-order chi connectivity index (χ0) is 23.1. The summed E-state index contributed by atoms with van der Waals surface area (Å²) in [7, 11) is 1.29. The number of nitrogens with one attached hydrogen (secondary N) is 3. The van der Waals surface area contributed by atoms with Crippen molar-refractivity contribution in [2.24, 2.45) is 0 Å². The summed E-state index contributed by atoms with van der Waals surface area (Å²) in [5.74, 6) is 0.436. The fourth-order valence-electron chi connectivity index (χ4n) is 3.21. The van der Waals surface area contributed by atoms with E-state index in [9.17, 15) is 14.4 Å². The maximum Gasteiger partial charge on any atom is 0.328 e. The number of methoxy groups -OCH3 is 1. The quantitative estimate of drug-likeness (QED) is 0.472.